The van der Waals surface area contributed by atoms with E-state index >= 15 is 0 Å². The minimum atomic E-state index is -3.32. The molecule has 2 aliphatic rings. The molecule has 176 valence electrons. The Balaban J connectivity index is 1.31. The quantitative estimate of drug-likeness (QED) is 0.601. The van der Waals surface area contributed by atoms with E-state index in [0.717, 1.165) is 32.1 Å². The zero-order valence-electron chi connectivity index (χ0n) is 18.5. The smallest absolute Gasteiger partial charge is 0.276 e. The standard InChI is InChI=1S/C21H27N7O4S/c1-15-17(14-22-28(15)21-23-19(29)18-8-5-9-27(18)24-21)20(30)25-10-12-26(13-11-25)33(31,32)16-6-3-2-4-7-16/h5,8-9,14,16H,2-4,6-7,10-13H2,1H3,(H,23,24,29). The van der Waals surface area contributed by atoms with Gasteiger partial charge in [0, 0.05) is 32.4 Å². The van der Waals surface area contributed by atoms with Crippen molar-refractivity contribution in [1.29, 1.82) is 0 Å². The number of H-pyrrole nitrogens is 1. The molecule has 1 saturated heterocycles. The molecule has 0 radical (unpaired) electrons. The summed E-state index contributed by atoms with van der Waals surface area (Å²) in [4.78, 5) is 29.8. The first kappa shape index (κ1) is 21.8. The van der Waals surface area contributed by atoms with Gasteiger partial charge in [-0.25, -0.2) is 17.6 Å². The van der Waals surface area contributed by atoms with Gasteiger partial charge >= 0.3 is 0 Å². The first-order valence-corrected chi connectivity index (χ1v) is 12.8. The molecule has 0 spiro atoms. The maximum atomic E-state index is 13.2. The molecule has 1 aliphatic heterocycles. The van der Waals surface area contributed by atoms with Gasteiger partial charge in [-0.05, 0) is 31.9 Å². The molecule has 3 aromatic rings. The fraction of sp³-hybridized carbons (Fsp3) is 0.524. The Labute approximate surface area is 191 Å². The number of amides is 1. The highest BCUT2D eigenvalue weighted by atomic mass is 32.2. The number of aromatic nitrogens is 5. The van der Waals surface area contributed by atoms with Gasteiger partial charge in [0.05, 0.1) is 22.7 Å². The number of sulfonamides is 1. The third-order valence-corrected chi connectivity index (χ3v) is 9.09. The average molecular weight is 474 g/mol. The van der Waals surface area contributed by atoms with Crippen molar-refractivity contribution in [2.75, 3.05) is 26.2 Å². The molecule has 0 atom stereocenters. The van der Waals surface area contributed by atoms with Crippen LogP contribution in [0.3, 0.4) is 0 Å². The van der Waals surface area contributed by atoms with E-state index in [-0.39, 0.29) is 22.7 Å². The van der Waals surface area contributed by atoms with Crippen molar-refractivity contribution in [3.05, 3.63) is 46.1 Å². The van der Waals surface area contributed by atoms with Crippen LogP contribution < -0.4 is 5.56 Å². The number of hydrogen-bond acceptors (Lipinski definition) is 6. The maximum Gasteiger partial charge on any atom is 0.276 e. The summed E-state index contributed by atoms with van der Waals surface area (Å²) in [5.41, 5.74) is 1.06. The van der Waals surface area contributed by atoms with Gasteiger partial charge in [-0.2, -0.15) is 9.40 Å². The number of piperazine rings is 1. The van der Waals surface area contributed by atoms with Gasteiger partial charge in [-0.3, -0.25) is 14.6 Å². The van der Waals surface area contributed by atoms with Crippen molar-refractivity contribution in [1.82, 2.24) is 33.6 Å². The van der Waals surface area contributed by atoms with E-state index < -0.39 is 10.0 Å². The van der Waals surface area contributed by atoms with Gasteiger partial charge in [-0.1, -0.05) is 19.3 Å². The monoisotopic (exact) mass is 473 g/mol. The normalized spacial score (nSPS) is 18.8. The molecule has 1 N–H and O–H groups in total. The molecule has 1 saturated carbocycles. The predicted molar refractivity (Wildman–Crippen MR) is 121 cm³/mol. The Morgan fingerprint density at radius 3 is 2.58 bits per heavy atom. The van der Waals surface area contributed by atoms with Crippen LogP contribution >= 0.6 is 0 Å². The van der Waals surface area contributed by atoms with Crippen LogP contribution in [0.5, 0.6) is 0 Å². The molecule has 1 aliphatic carbocycles. The van der Waals surface area contributed by atoms with Crippen LogP contribution in [0.1, 0.15) is 48.2 Å². The average Bonchev–Trinajstić information content (AvgIpc) is 3.46. The summed E-state index contributed by atoms with van der Waals surface area (Å²) in [5, 5.41) is 8.33. The van der Waals surface area contributed by atoms with Gasteiger partial charge in [0.2, 0.25) is 16.0 Å². The number of rotatable bonds is 4. The van der Waals surface area contributed by atoms with Crippen molar-refractivity contribution in [2.45, 2.75) is 44.3 Å². The Hall–Kier alpha value is -2.99. The molecule has 12 heteroatoms. The van der Waals surface area contributed by atoms with Crippen molar-refractivity contribution in [3.8, 4) is 5.95 Å². The van der Waals surface area contributed by atoms with Crippen molar-refractivity contribution < 1.29 is 13.2 Å². The first-order valence-electron chi connectivity index (χ1n) is 11.3. The fourth-order valence-corrected chi connectivity index (χ4v) is 6.77. The van der Waals surface area contributed by atoms with Crippen LogP contribution in [0.15, 0.2) is 29.3 Å². The summed E-state index contributed by atoms with van der Waals surface area (Å²) in [6.45, 7) is 3.01. The summed E-state index contributed by atoms with van der Waals surface area (Å²) in [7, 11) is -3.32. The minimum absolute atomic E-state index is 0.210. The van der Waals surface area contributed by atoms with Crippen LogP contribution in [-0.4, -0.2) is 79.3 Å². The molecule has 5 rings (SSSR count). The molecule has 0 bridgehead atoms. The molecular formula is C21H27N7O4S. The number of carbonyl (C=O) groups excluding carboxylic acids is 1. The number of nitrogens with one attached hydrogen (secondary N) is 1. The SMILES string of the molecule is Cc1c(C(=O)N2CCN(S(=O)(=O)C3CCCCC3)CC2)cnn1-c1nn2cccc2c(=O)[nH]1. The molecule has 1 amide bonds. The third kappa shape index (κ3) is 3.86. The predicted octanol–water partition coefficient (Wildman–Crippen LogP) is 0.937. The van der Waals surface area contributed by atoms with E-state index in [4.69, 9.17) is 0 Å². The zero-order valence-corrected chi connectivity index (χ0v) is 19.3. The van der Waals surface area contributed by atoms with E-state index in [2.05, 4.69) is 15.2 Å². The maximum absolute atomic E-state index is 13.2. The fourth-order valence-electron chi connectivity index (χ4n) is 4.75. The highest BCUT2D eigenvalue weighted by Gasteiger charge is 2.36. The molecular weight excluding hydrogens is 446 g/mol. The van der Waals surface area contributed by atoms with Gasteiger partial charge < -0.3 is 4.90 Å². The lowest BCUT2D eigenvalue weighted by Gasteiger charge is -2.36. The Morgan fingerprint density at radius 1 is 1.12 bits per heavy atom. The van der Waals surface area contributed by atoms with Crippen LogP contribution in [-0.2, 0) is 10.0 Å². The lowest BCUT2D eigenvalue weighted by Crippen LogP contribution is -2.52. The lowest BCUT2D eigenvalue weighted by molar-refractivity contribution is 0.0696. The highest BCUT2D eigenvalue weighted by Crippen LogP contribution is 2.27. The van der Waals surface area contributed by atoms with Gasteiger partial charge in [0.15, 0.2) is 0 Å². The zero-order chi connectivity index (χ0) is 23.2. The molecule has 11 nitrogen and oxygen atoms in total. The molecule has 0 aromatic carbocycles. The number of carbonyl (C=O) groups is 1. The molecule has 0 unspecified atom stereocenters. The van der Waals surface area contributed by atoms with Gasteiger partial charge in [-0.15, -0.1) is 5.10 Å². The lowest BCUT2D eigenvalue weighted by atomic mass is 10.0. The highest BCUT2D eigenvalue weighted by molar-refractivity contribution is 7.89. The second-order valence-corrected chi connectivity index (χ2v) is 10.9. The third-order valence-electron chi connectivity index (χ3n) is 6.69. The second kappa shape index (κ2) is 8.41. The molecule has 3 aromatic heterocycles. The van der Waals surface area contributed by atoms with Crippen LogP contribution in [0, 0.1) is 6.92 Å². The summed E-state index contributed by atoms with van der Waals surface area (Å²) in [6, 6.07) is 3.38. The van der Waals surface area contributed by atoms with Crippen molar-refractivity contribution in [2.24, 2.45) is 0 Å². The van der Waals surface area contributed by atoms with E-state index in [1.165, 1.54) is 15.4 Å². The minimum Gasteiger partial charge on any atom is -0.336 e. The molecule has 33 heavy (non-hydrogen) atoms. The van der Waals surface area contributed by atoms with E-state index in [1.54, 1.807) is 34.5 Å². The summed E-state index contributed by atoms with van der Waals surface area (Å²) >= 11 is 0. The van der Waals surface area contributed by atoms with Crippen molar-refractivity contribution >= 4 is 21.4 Å². The number of hydrogen-bond donors (Lipinski definition) is 1. The Morgan fingerprint density at radius 2 is 1.85 bits per heavy atom. The largest absolute Gasteiger partial charge is 0.336 e. The first-order chi connectivity index (χ1) is 15.9. The number of nitrogens with zero attached hydrogens (tertiary/aromatic N) is 6. The summed E-state index contributed by atoms with van der Waals surface area (Å²) in [5.74, 6) is 0.00139. The number of aromatic amines is 1. The number of fused-ring (bicyclic) bond motifs is 1. The van der Waals surface area contributed by atoms with E-state index in [9.17, 15) is 18.0 Å². The topological polar surface area (TPSA) is 126 Å². The summed E-state index contributed by atoms with van der Waals surface area (Å²) < 4.78 is 30.4. The second-order valence-electron chi connectivity index (χ2n) is 8.67. The van der Waals surface area contributed by atoms with Crippen LogP contribution in [0.25, 0.3) is 11.5 Å². The molecule has 4 heterocycles. The molecule has 2 fully saturated rings. The van der Waals surface area contributed by atoms with Gasteiger partial charge in [0.1, 0.15) is 5.52 Å². The van der Waals surface area contributed by atoms with E-state index in [1.807, 2.05) is 0 Å². The Kier molecular flexibility index (Phi) is 5.57. The Bertz CT molecular complexity index is 1340. The van der Waals surface area contributed by atoms with Crippen LogP contribution in [0.4, 0.5) is 0 Å². The van der Waals surface area contributed by atoms with Crippen LogP contribution in [0.2, 0.25) is 0 Å². The van der Waals surface area contributed by atoms with Crippen molar-refractivity contribution in [3.63, 3.8) is 0 Å². The van der Waals surface area contributed by atoms with Gasteiger partial charge in [0.25, 0.3) is 11.5 Å². The summed E-state index contributed by atoms with van der Waals surface area (Å²) in [6.07, 6.45) is 7.61. The van der Waals surface area contributed by atoms with E-state index in [0.29, 0.717) is 43.0 Å².